The second-order valence-corrected chi connectivity index (χ2v) is 2.47. The van der Waals surface area contributed by atoms with Gasteiger partial charge in [0.25, 0.3) is 0 Å². The van der Waals surface area contributed by atoms with Gasteiger partial charge in [-0.2, -0.15) is 5.26 Å². The van der Waals surface area contributed by atoms with Gasteiger partial charge in [-0.15, -0.1) is 0 Å². The van der Waals surface area contributed by atoms with Crippen LogP contribution in [0, 0.1) is 17.1 Å². The van der Waals surface area contributed by atoms with E-state index in [1.165, 1.54) is 19.2 Å². The Morgan fingerprint density at radius 3 is 2.85 bits per heavy atom. The fraction of sp³-hybridized carbons (Fsp3) is 0.222. The van der Waals surface area contributed by atoms with Crippen molar-refractivity contribution in [2.45, 2.75) is 6.04 Å². The topological polar surface area (TPSA) is 59.0 Å². The first-order valence-electron chi connectivity index (χ1n) is 3.68. The zero-order chi connectivity index (χ0) is 9.84. The first-order chi connectivity index (χ1) is 6.20. The zero-order valence-electron chi connectivity index (χ0n) is 7.12. The van der Waals surface area contributed by atoms with E-state index in [0.717, 1.165) is 0 Å². The van der Waals surface area contributed by atoms with Gasteiger partial charge in [0.1, 0.15) is 6.04 Å². The maximum atomic E-state index is 13.4. The summed E-state index contributed by atoms with van der Waals surface area (Å²) in [6, 6.07) is 5.34. The standard InChI is InChI=1S/C9H9FN2O/c1-13-8-4-2-3-6(9(8)10)7(12)5-11/h2-4,7H,12H2,1H3. The largest absolute Gasteiger partial charge is 0.494 e. The number of methoxy groups -OCH3 is 1. The fourth-order valence-electron chi connectivity index (χ4n) is 0.995. The van der Waals surface area contributed by atoms with Crippen molar-refractivity contribution in [1.29, 1.82) is 5.26 Å². The minimum absolute atomic E-state index is 0.100. The van der Waals surface area contributed by atoms with Crippen molar-refractivity contribution in [2.75, 3.05) is 7.11 Å². The molecule has 4 heteroatoms. The highest BCUT2D eigenvalue weighted by atomic mass is 19.1. The van der Waals surface area contributed by atoms with E-state index in [1.54, 1.807) is 12.1 Å². The molecule has 0 heterocycles. The molecule has 0 bridgehead atoms. The summed E-state index contributed by atoms with van der Waals surface area (Å²) in [6.45, 7) is 0. The summed E-state index contributed by atoms with van der Waals surface area (Å²) in [5.41, 5.74) is 5.52. The van der Waals surface area contributed by atoms with E-state index >= 15 is 0 Å². The van der Waals surface area contributed by atoms with Crippen molar-refractivity contribution in [3.05, 3.63) is 29.6 Å². The smallest absolute Gasteiger partial charge is 0.170 e. The lowest BCUT2D eigenvalue weighted by Crippen LogP contribution is -2.09. The highest BCUT2D eigenvalue weighted by Gasteiger charge is 2.13. The summed E-state index contributed by atoms with van der Waals surface area (Å²) in [5.74, 6) is -0.470. The summed E-state index contributed by atoms with van der Waals surface area (Å²) in [7, 11) is 1.36. The van der Waals surface area contributed by atoms with E-state index in [2.05, 4.69) is 0 Å². The van der Waals surface area contributed by atoms with Crippen molar-refractivity contribution in [3.8, 4) is 11.8 Å². The molecule has 1 aromatic carbocycles. The minimum Gasteiger partial charge on any atom is -0.494 e. The quantitative estimate of drug-likeness (QED) is 0.747. The van der Waals surface area contributed by atoms with Crippen LogP contribution < -0.4 is 10.5 Å². The number of nitrogens with zero attached hydrogens (tertiary/aromatic N) is 1. The second kappa shape index (κ2) is 3.87. The van der Waals surface area contributed by atoms with Crippen molar-refractivity contribution < 1.29 is 9.13 Å². The Bertz CT molecular complexity index is 346. The summed E-state index contributed by atoms with van der Waals surface area (Å²) < 4.78 is 18.1. The van der Waals surface area contributed by atoms with E-state index in [9.17, 15) is 4.39 Å². The molecule has 0 aliphatic carbocycles. The van der Waals surface area contributed by atoms with Crippen LogP contribution in [0.15, 0.2) is 18.2 Å². The average molecular weight is 180 g/mol. The maximum absolute atomic E-state index is 13.4. The van der Waals surface area contributed by atoms with Crippen molar-refractivity contribution in [2.24, 2.45) is 5.73 Å². The molecule has 0 spiro atoms. The molecule has 3 nitrogen and oxygen atoms in total. The van der Waals surface area contributed by atoms with Gasteiger partial charge < -0.3 is 10.5 Å². The molecular weight excluding hydrogens is 171 g/mol. The number of nitriles is 1. The van der Waals surface area contributed by atoms with E-state index in [4.69, 9.17) is 15.7 Å². The first kappa shape index (κ1) is 9.49. The molecule has 0 aliphatic rings. The number of benzene rings is 1. The van der Waals surface area contributed by atoms with Crippen LogP contribution in [0.25, 0.3) is 0 Å². The number of halogens is 1. The van der Waals surface area contributed by atoms with Crippen LogP contribution in [0.2, 0.25) is 0 Å². The lowest BCUT2D eigenvalue weighted by molar-refractivity contribution is 0.383. The van der Waals surface area contributed by atoms with Crippen LogP contribution in [0.1, 0.15) is 11.6 Å². The molecule has 0 saturated carbocycles. The predicted octanol–water partition coefficient (Wildman–Crippen LogP) is 1.36. The third-order valence-electron chi connectivity index (χ3n) is 1.69. The molecule has 0 aliphatic heterocycles. The highest BCUT2D eigenvalue weighted by Crippen LogP contribution is 2.23. The van der Waals surface area contributed by atoms with E-state index in [-0.39, 0.29) is 11.3 Å². The van der Waals surface area contributed by atoms with Gasteiger partial charge in [-0.05, 0) is 6.07 Å². The Morgan fingerprint density at radius 2 is 2.31 bits per heavy atom. The Kier molecular flexibility index (Phi) is 2.83. The molecule has 0 amide bonds. The maximum Gasteiger partial charge on any atom is 0.170 e. The van der Waals surface area contributed by atoms with Gasteiger partial charge in [0, 0.05) is 5.56 Å². The Hall–Kier alpha value is -1.60. The first-order valence-corrected chi connectivity index (χ1v) is 3.68. The van der Waals surface area contributed by atoms with E-state index < -0.39 is 11.9 Å². The molecular formula is C9H9FN2O. The third-order valence-corrected chi connectivity index (χ3v) is 1.69. The number of nitrogens with two attached hydrogens (primary N) is 1. The number of rotatable bonds is 2. The van der Waals surface area contributed by atoms with Crippen LogP contribution in [0.5, 0.6) is 5.75 Å². The molecule has 1 atom stereocenters. The fourth-order valence-corrected chi connectivity index (χ4v) is 0.995. The molecule has 0 radical (unpaired) electrons. The average Bonchev–Trinajstić information content (AvgIpc) is 2.17. The Labute approximate surface area is 75.5 Å². The van der Waals surface area contributed by atoms with Gasteiger partial charge in [0.05, 0.1) is 13.2 Å². The SMILES string of the molecule is COc1cccc(C(N)C#N)c1F. The highest BCUT2D eigenvalue weighted by molar-refractivity contribution is 5.34. The van der Waals surface area contributed by atoms with Crippen LogP contribution in [-0.4, -0.2) is 7.11 Å². The molecule has 1 aromatic rings. The minimum atomic E-state index is -0.949. The van der Waals surface area contributed by atoms with E-state index in [1.807, 2.05) is 0 Å². The monoisotopic (exact) mass is 180 g/mol. The number of ether oxygens (including phenoxy) is 1. The third kappa shape index (κ3) is 1.76. The lowest BCUT2D eigenvalue weighted by atomic mass is 10.1. The lowest BCUT2D eigenvalue weighted by Gasteiger charge is -2.07. The summed E-state index contributed by atoms with van der Waals surface area (Å²) in [4.78, 5) is 0. The van der Waals surface area contributed by atoms with Crippen LogP contribution >= 0.6 is 0 Å². The van der Waals surface area contributed by atoms with Gasteiger partial charge in [-0.1, -0.05) is 12.1 Å². The molecule has 1 unspecified atom stereocenters. The molecule has 2 N–H and O–H groups in total. The van der Waals surface area contributed by atoms with Gasteiger partial charge in [-0.3, -0.25) is 0 Å². The van der Waals surface area contributed by atoms with Crippen LogP contribution in [0.3, 0.4) is 0 Å². The Morgan fingerprint density at radius 1 is 1.62 bits per heavy atom. The molecule has 1 rings (SSSR count). The van der Waals surface area contributed by atoms with Gasteiger partial charge in [-0.25, -0.2) is 4.39 Å². The van der Waals surface area contributed by atoms with Crippen LogP contribution in [0.4, 0.5) is 4.39 Å². The number of hydrogen-bond acceptors (Lipinski definition) is 3. The summed E-state index contributed by atoms with van der Waals surface area (Å²) in [5, 5.41) is 8.49. The molecule has 13 heavy (non-hydrogen) atoms. The second-order valence-electron chi connectivity index (χ2n) is 2.47. The number of hydrogen-bond donors (Lipinski definition) is 1. The molecule has 68 valence electrons. The van der Waals surface area contributed by atoms with Crippen molar-refractivity contribution >= 4 is 0 Å². The van der Waals surface area contributed by atoms with Crippen molar-refractivity contribution in [3.63, 3.8) is 0 Å². The Balaban J connectivity index is 3.17. The summed E-state index contributed by atoms with van der Waals surface area (Å²) >= 11 is 0. The van der Waals surface area contributed by atoms with Crippen molar-refractivity contribution in [1.82, 2.24) is 0 Å². The molecule has 0 saturated heterocycles. The van der Waals surface area contributed by atoms with E-state index in [0.29, 0.717) is 0 Å². The van der Waals surface area contributed by atoms with Gasteiger partial charge >= 0.3 is 0 Å². The molecule has 0 fully saturated rings. The summed E-state index contributed by atoms with van der Waals surface area (Å²) in [6.07, 6.45) is 0. The van der Waals surface area contributed by atoms with Crippen LogP contribution in [-0.2, 0) is 0 Å². The van der Waals surface area contributed by atoms with Gasteiger partial charge in [0.2, 0.25) is 0 Å². The zero-order valence-corrected chi connectivity index (χ0v) is 7.12. The normalized spacial score (nSPS) is 11.8. The van der Waals surface area contributed by atoms with Gasteiger partial charge in [0.15, 0.2) is 11.6 Å². The molecule has 0 aromatic heterocycles. The predicted molar refractivity (Wildman–Crippen MR) is 45.5 cm³/mol.